The highest BCUT2D eigenvalue weighted by Crippen LogP contribution is 2.26. The van der Waals surface area contributed by atoms with E-state index in [9.17, 15) is 5.11 Å². The van der Waals surface area contributed by atoms with E-state index in [0.717, 1.165) is 10.0 Å². The maximum absolute atomic E-state index is 9.57. The van der Waals surface area contributed by atoms with Crippen LogP contribution in [0.3, 0.4) is 0 Å². The highest BCUT2D eigenvalue weighted by Gasteiger charge is 2.27. The monoisotopic (exact) mass is 242 g/mol. The van der Waals surface area contributed by atoms with E-state index < -0.39 is 0 Å². The summed E-state index contributed by atoms with van der Waals surface area (Å²) in [5.74, 6) is 0.146. The molecule has 1 heterocycles. The van der Waals surface area contributed by atoms with Crippen molar-refractivity contribution in [2.45, 2.75) is 12.0 Å². The lowest BCUT2D eigenvalue weighted by atomic mass is 9.97. The van der Waals surface area contributed by atoms with Crippen molar-refractivity contribution in [2.75, 3.05) is 13.2 Å². The molecule has 1 N–H and O–H groups in total. The van der Waals surface area contributed by atoms with Crippen LogP contribution in [0, 0.1) is 0 Å². The van der Waals surface area contributed by atoms with Gasteiger partial charge in [0.1, 0.15) is 0 Å². The Balaban J connectivity index is 2.20. The summed E-state index contributed by atoms with van der Waals surface area (Å²) in [6.45, 7) is 1.09. The first-order valence-corrected chi connectivity index (χ1v) is 5.08. The van der Waals surface area contributed by atoms with Gasteiger partial charge in [0.05, 0.1) is 19.3 Å². The van der Waals surface area contributed by atoms with Gasteiger partial charge in [-0.2, -0.15) is 0 Å². The third-order valence-corrected chi connectivity index (χ3v) is 2.88. The Morgan fingerprint density at radius 1 is 1.23 bits per heavy atom. The van der Waals surface area contributed by atoms with Crippen LogP contribution < -0.4 is 0 Å². The van der Waals surface area contributed by atoms with Crippen molar-refractivity contribution in [1.29, 1.82) is 0 Å². The van der Waals surface area contributed by atoms with Gasteiger partial charge in [-0.15, -0.1) is 0 Å². The number of aliphatic hydroxyl groups excluding tert-OH is 1. The molecule has 1 saturated heterocycles. The Morgan fingerprint density at radius 3 is 2.46 bits per heavy atom. The molecule has 0 unspecified atom stereocenters. The van der Waals surface area contributed by atoms with E-state index in [1.54, 1.807) is 0 Å². The summed E-state index contributed by atoms with van der Waals surface area (Å²) in [5.41, 5.74) is 1.15. The lowest BCUT2D eigenvalue weighted by Gasteiger charge is -2.12. The minimum Gasteiger partial charge on any atom is -0.390 e. The molecule has 0 spiro atoms. The number of hydrogen-bond donors (Lipinski definition) is 1. The van der Waals surface area contributed by atoms with Crippen LogP contribution in [0.15, 0.2) is 28.7 Å². The highest BCUT2D eigenvalue weighted by molar-refractivity contribution is 9.10. The third-order valence-electron chi connectivity index (χ3n) is 2.35. The Labute approximate surface area is 85.7 Å². The van der Waals surface area contributed by atoms with E-state index in [2.05, 4.69) is 15.9 Å². The average molecular weight is 243 g/mol. The van der Waals surface area contributed by atoms with Crippen LogP contribution in [0.1, 0.15) is 11.5 Å². The highest BCUT2D eigenvalue weighted by atomic mass is 79.9. The number of ether oxygens (including phenoxy) is 1. The van der Waals surface area contributed by atoms with Gasteiger partial charge in [-0.05, 0) is 17.7 Å². The van der Waals surface area contributed by atoms with Crippen LogP contribution in [0.2, 0.25) is 0 Å². The first-order valence-electron chi connectivity index (χ1n) is 4.28. The summed E-state index contributed by atoms with van der Waals surface area (Å²) in [5, 5.41) is 9.57. The molecule has 1 aromatic rings. The molecule has 3 heteroatoms. The summed E-state index contributed by atoms with van der Waals surface area (Å²) in [6.07, 6.45) is -0.346. The predicted molar refractivity (Wildman–Crippen MR) is 53.7 cm³/mol. The zero-order chi connectivity index (χ0) is 9.26. The fraction of sp³-hybridized carbons (Fsp3) is 0.400. The van der Waals surface area contributed by atoms with Gasteiger partial charge in [-0.3, -0.25) is 0 Å². The Morgan fingerprint density at radius 2 is 1.92 bits per heavy atom. The van der Waals surface area contributed by atoms with Crippen LogP contribution in [0.4, 0.5) is 0 Å². The summed E-state index contributed by atoms with van der Waals surface area (Å²) < 4.78 is 6.25. The van der Waals surface area contributed by atoms with E-state index in [1.165, 1.54) is 0 Å². The van der Waals surface area contributed by atoms with Gasteiger partial charge in [-0.1, -0.05) is 28.1 Å². The second-order valence-electron chi connectivity index (χ2n) is 3.26. The van der Waals surface area contributed by atoms with Gasteiger partial charge >= 0.3 is 0 Å². The normalized spacial score (nSPS) is 27.8. The van der Waals surface area contributed by atoms with Gasteiger partial charge in [0.2, 0.25) is 0 Å². The van der Waals surface area contributed by atoms with Crippen molar-refractivity contribution in [3.63, 3.8) is 0 Å². The molecule has 1 aromatic carbocycles. The molecule has 0 aromatic heterocycles. The number of hydrogen-bond acceptors (Lipinski definition) is 2. The Hall–Kier alpha value is -0.380. The van der Waals surface area contributed by atoms with Crippen LogP contribution in [-0.2, 0) is 4.74 Å². The van der Waals surface area contributed by atoms with Crippen LogP contribution in [-0.4, -0.2) is 24.4 Å². The van der Waals surface area contributed by atoms with Crippen molar-refractivity contribution in [1.82, 2.24) is 0 Å². The van der Waals surface area contributed by atoms with E-state index >= 15 is 0 Å². The van der Waals surface area contributed by atoms with E-state index in [1.807, 2.05) is 24.3 Å². The molecule has 1 aliphatic heterocycles. The first kappa shape index (κ1) is 9.19. The van der Waals surface area contributed by atoms with Crippen molar-refractivity contribution < 1.29 is 9.84 Å². The molecular formula is C10H11BrO2. The maximum Gasteiger partial charge on any atom is 0.0864 e. The molecule has 2 nitrogen and oxygen atoms in total. The predicted octanol–water partition coefficient (Wildman–Crippen LogP) is 1.92. The Kier molecular flexibility index (Phi) is 2.67. The second kappa shape index (κ2) is 3.78. The molecule has 1 fully saturated rings. The fourth-order valence-electron chi connectivity index (χ4n) is 1.57. The van der Waals surface area contributed by atoms with Crippen molar-refractivity contribution in [3.05, 3.63) is 34.3 Å². The standard InChI is InChI=1S/C10H11BrO2/c11-8-3-1-7(2-4-8)9-5-13-6-10(9)12/h1-4,9-10,12H,5-6H2/t9-,10+/m1/s1. The SMILES string of the molecule is O[C@H]1COC[C@@H]1c1ccc(Br)cc1. The minimum atomic E-state index is -0.346. The van der Waals surface area contributed by atoms with Gasteiger partial charge in [0.15, 0.2) is 0 Å². The summed E-state index contributed by atoms with van der Waals surface area (Å²) in [4.78, 5) is 0. The zero-order valence-corrected chi connectivity index (χ0v) is 8.70. The summed E-state index contributed by atoms with van der Waals surface area (Å²) in [6, 6.07) is 8.01. The van der Waals surface area contributed by atoms with Gasteiger partial charge in [0.25, 0.3) is 0 Å². The molecule has 13 heavy (non-hydrogen) atoms. The van der Waals surface area contributed by atoms with Crippen LogP contribution >= 0.6 is 15.9 Å². The van der Waals surface area contributed by atoms with Gasteiger partial charge < -0.3 is 9.84 Å². The molecule has 0 radical (unpaired) electrons. The average Bonchev–Trinajstić information content (AvgIpc) is 2.53. The van der Waals surface area contributed by atoms with Crippen LogP contribution in [0.5, 0.6) is 0 Å². The summed E-state index contributed by atoms with van der Waals surface area (Å²) >= 11 is 3.38. The molecule has 0 saturated carbocycles. The molecule has 2 atom stereocenters. The molecule has 1 aliphatic rings. The summed E-state index contributed by atoms with van der Waals surface area (Å²) in [7, 11) is 0. The van der Waals surface area contributed by atoms with E-state index in [4.69, 9.17) is 4.74 Å². The number of halogens is 1. The largest absolute Gasteiger partial charge is 0.390 e. The molecule has 2 rings (SSSR count). The minimum absolute atomic E-state index is 0.146. The fourth-order valence-corrected chi connectivity index (χ4v) is 1.84. The van der Waals surface area contributed by atoms with E-state index in [0.29, 0.717) is 13.2 Å². The lowest BCUT2D eigenvalue weighted by molar-refractivity contribution is 0.124. The van der Waals surface area contributed by atoms with Crippen molar-refractivity contribution in [2.24, 2.45) is 0 Å². The maximum atomic E-state index is 9.57. The molecular weight excluding hydrogens is 232 g/mol. The third kappa shape index (κ3) is 1.93. The second-order valence-corrected chi connectivity index (χ2v) is 4.18. The molecule has 0 amide bonds. The van der Waals surface area contributed by atoms with E-state index in [-0.39, 0.29) is 12.0 Å². The zero-order valence-electron chi connectivity index (χ0n) is 7.11. The quantitative estimate of drug-likeness (QED) is 0.816. The number of benzene rings is 1. The van der Waals surface area contributed by atoms with Gasteiger partial charge in [-0.25, -0.2) is 0 Å². The van der Waals surface area contributed by atoms with Gasteiger partial charge in [0, 0.05) is 10.4 Å². The molecule has 0 aliphatic carbocycles. The molecule has 70 valence electrons. The topological polar surface area (TPSA) is 29.5 Å². The smallest absolute Gasteiger partial charge is 0.0864 e. The first-order chi connectivity index (χ1) is 6.27. The lowest BCUT2D eigenvalue weighted by Crippen LogP contribution is -2.15. The van der Waals surface area contributed by atoms with Crippen molar-refractivity contribution in [3.8, 4) is 0 Å². The van der Waals surface area contributed by atoms with Crippen LogP contribution in [0.25, 0.3) is 0 Å². The Bertz CT molecular complexity index is 283. The number of rotatable bonds is 1. The molecule has 0 bridgehead atoms. The van der Waals surface area contributed by atoms with Crippen molar-refractivity contribution >= 4 is 15.9 Å². The number of aliphatic hydroxyl groups is 1.